The standard InChI is InChI=1S/C41H50N6.4C2H6/c1-8-30-19-32(27(3)4)20-35-39(30)44-37(47(35)26-41(25-42)15-16-41)24-45-17-18-46(23-33(45)9-2)34-12-10-11-31-21-40(7,29(6)38(31)34)36-14-13-28(5)22-43-36;4*1-2/h10-14,19-20,22,29,33H,3,8-9,15-18,21,23-24,26H2,1-2,4-7H3;4*1-2H3. The predicted octanol–water partition coefficient (Wildman–Crippen LogP) is 12.5. The summed E-state index contributed by atoms with van der Waals surface area (Å²) in [5.74, 6) is 1.48. The monoisotopic (exact) mass is 747 g/mol. The van der Waals surface area contributed by atoms with Crippen LogP contribution in [0.2, 0.25) is 0 Å². The SMILES string of the molecule is C=C(C)c1cc(CC)c2nc(CN3CCN(c4cccc5c4C(C)C(C)(c4ccc(C)cn4)C5)CC3CC)n(CC3(C#N)CC3)c2c1.CC.CC.CC.CC. The smallest absolute Gasteiger partial charge is 0.124 e. The van der Waals surface area contributed by atoms with Crippen LogP contribution in [-0.2, 0) is 31.3 Å². The van der Waals surface area contributed by atoms with Crippen LogP contribution in [-0.4, -0.2) is 45.1 Å². The third-order valence-electron chi connectivity index (χ3n) is 11.8. The van der Waals surface area contributed by atoms with Gasteiger partial charge in [-0.15, -0.1) is 0 Å². The molecule has 3 unspecified atom stereocenters. The Morgan fingerprint density at radius 2 is 1.67 bits per heavy atom. The molecular weight excluding hydrogens is 673 g/mol. The Labute approximate surface area is 336 Å². The fourth-order valence-corrected chi connectivity index (χ4v) is 8.32. The molecule has 2 aliphatic carbocycles. The van der Waals surface area contributed by atoms with Gasteiger partial charge in [-0.25, -0.2) is 4.98 Å². The number of nitriles is 1. The highest BCUT2D eigenvalue weighted by Crippen LogP contribution is 2.51. The molecule has 6 nitrogen and oxygen atoms in total. The van der Waals surface area contributed by atoms with Crippen LogP contribution in [0.3, 0.4) is 0 Å². The van der Waals surface area contributed by atoms with Gasteiger partial charge in [-0.1, -0.05) is 113 Å². The van der Waals surface area contributed by atoms with Crippen molar-refractivity contribution in [3.8, 4) is 6.07 Å². The van der Waals surface area contributed by atoms with Crippen LogP contribution in [0.5, 0.6) is 0 Å². The van der Waals surface area contributed by atoms with E-state index in [9.17, 15) is 5.26 Å². The van der Waals surface area contributed by atoms with Gasteiger partial charge in [0.2, 0.25) is 0 Å². The lowest BCUT2D eigenvalue weighted by Crippen LogP contribution is -2.53. The number of benzene rings is 2. The van der Waals surface area contributed by atoms with E-state index in [-0.39, 0.29) is 10.8 Å². The van der Waals surface area contributed by atoms with E-state index in [1.54, 1.807) is 0 Å². The van der Waals surface area contributed by atoms with E-state index >= 15 is 0 Å². The molecule has 3 heterocycles. The highest BCUT2D eigenvalue weighted by molar-refractivity contribution is 5.84. The molecule has 0 spiro atoms. The van der Waals surface area contributed by atoms with Crippen LogP contribution in [0.4, 0.5) is 5.69 Å². The Morgan fingerprint density at radius 1 is 0.982 bits per heavy atom. The van der Waals surface area contributed by atoms with Gasteiger partial charge >= 0.3 is 0 Å². The lowest BCUT2D eigenvalue weighted by Gasteiger charge is -2.43. The number of hydrogen-bond donors (Lipinski definition) is 0. The topological polar surface area (TPSA) is 61.0 Å². The van der Waals surface area contributed by atoms with Crippen LogP contribution in [0, 0.1) is 23.7 Å². The summed E-state index contributed by atoms with van der Waals surface area (Å²) in [5, 5.41) is 10.1. The van der Waals surface area contributed by atoms with Crippen LogP contribution in [0.15, 0.2) is 55.2 Å². The number of rotatable bonds is 9. The molecule has 2 aromatic heterocycles. The van der Waals surface area contributed by atoms with Gasteiger partial charge in [0.25, 0.3) is 0 Å². The van der Waals surface area contributed by atoms with Crippen LogP contribution >= 0.6 is 0 Å². The lowest BCUT2D eigenvalue weighted by molar-refractivity contribution is 0.157. The van der Waals surface area contributed by atoms with Crippen molar-refractivity contribution in [3.63, 3.8) is 0 Å². The van der Waals surface area contributed by atoms with Gasteiger partial charge in [0.1, 0.15) is 5.82 Å². The number of imidazole rings is 1. The van der Waals surface area contributed by atoms with E-state index in [2.05, 4.69) is 111 Å². The van der Waals surface area contributed by atoms with Gasteiger partial charge in [0.15, 0.2) is 0 Å². The second-order valence-electron chi connectivity index (χ2n) is 15.0. The van der Waals surface area contributed by atoms with Gasteiger partial charge in [0, 0.05) is 55.2 Å². The number of piperazine rings is 1. The summed E-state index contributed by atoms with van der Waals surface area (Å²) in [4.78, 5) is 15.6. The molecule has 300 valence electrons. The van der Waals surface area contributed by atoms with Gasteiger partial charge in [-0.3, -0.25) is 9.88 Å². The van der Waals surface area contributed by atoms with Crippen molar-refractivity contribution in [3.05, 3.63) is 94.6 Å². The summed E-state index contributed by atoms with van der Waals surface area (Å²) >= 11 is 0. The van der Waals surface area contributed by atoms with Crippen molar-refractivity contribution < 1.29 is 0 Å². The second-order valence-corrected chi connectivity index (χ2v) is 15.0. The maximum Gasteiger partial charge on any atom is 0.124 e. The predicted molar refractivity (Wildman–Crippen MR) is 238 cm³/mol. The normalized spacial score (nSPS) is 20.6. The zero-order chi connectivity index (χ0) is 41.1. The highest BCUT2D eigenvalue weighted by atomic mass is 15.3. The van der Waals surface area contributed by atoms with Crippen LogP contribution < -0.4 is 4.90 Å². The first-order valence-corrected chi connectivity index (χ1v) is 21.7. The zero-order valence-corrected chi connectivity index (χ0v) is 37.2. The van der Waals surface area contributed by atoms with E-state index in [0.29, 0.717) is 12.0 Å². The summed E-state index contributed by atoms with van der Waals surface area (Å²) in [6, 6.07) is 19.0. The number of pyridine rings is 1. The molecule has 0 bridgehead atoms. The first-order valence-electron chi connectivity index (χ1n) is 21.7. The number of hydrogen-bond acceptors (Lipinski definition) is 5. The van der Waals surface area contributed by atoms with E-state index in [1.807, 2.05) is 61.6 Å². The Balaban J connectivity index is 0.000000955. The molecule has 3 aliphatic rings. The molecule has 7 rings (SSSR count). The van der Waals surface area contributed by atoms with Crippen LogP contribution in [0.25, 0.3) is 16.6 Å². The molecule has 0 radical (unpaired) electrons. The van der Waals surface area contributed by atoms with Crippen molar-refractivity contribution in [2.24, 2.45) is 5.41 Å². The summed E-state index contributed by atoms with van der Waals surface area (Å²) < 4.78 is 2.39. The fourth-order valence-electron chi connectivity index (χ4n) is 8.32. The Morgan fingerprint density at radius 3 is 2.24 bits per heavy atom. The van der Waals surface area contributed by atoms with Crippen LogP contribution in [0.1, 0.15) is 155 Å². The van der Waals surface area contributed by atoms with Gasteiger partial charge in [0.05, 0.1) is 29.1 Å². The van der Waals surface area contributed by atoms with Crippen molar-refractivity contribution in [1.82, 2.24) is 19.4 Å². The first kappa shape index (κ1) is 45.4. The average Bonchev–Trinajstić information content (AvgIpc) is 3.86. The Kier molecular flexibility index (Phi) is 16.8. The van der Waals surface area contributed by atoms with Gasteiger partial charge in [-0.2, -0.15) is 5.26 Å². The molecule has 6 heteroatoms. The van der Waals surface area contributed by atoms with E-state index < -0.39 is 0 Å². The Hall–Kier alpha value is -3.95. The maximum absolute atomic E-state index is 10.1. The number of aromatic nitrogens is 3. The number of nitrogens with zero attached hydrogens (tertiary/aromatic N) is 6. The second kappa shape index (κ2) is 20.3. The number of anilines is 1. The zero-order valence-electron chi connectivity index (χ0n) is 37.2. The fraction of sp³-hybridized carbons (Fsp3) is 0.571. The van der Waals surface area contributed by atoms with Crippen molar-refractivity contribution >= 4 is 22.3 Å². The molecule has 0 N–H and O–H groups in total. The molecule has 2 fully saturated rings. The van der Waals surface area contributed by atoms with E-state index in [1.165, 1.54) is 39.2 Å². The summed E-state index contributed by atoms with van der Waals surface area (Å²) in [6.45, 7) is 38.3. The summed E-state index contributed by atoms with van der Waals surface area (Å²) in [7, 11) is 0. The van der Waals surface area contributed by atoms with Gasteiger partial charge in [-0.05, 0) is 104 Å². The number of fused-ring (bicyclic) bond motifs is 2. The minimum absolute atomic E-state index is 0.0130. The molecule has 1 saturated heterocycles. The van der Waals surface area contributed by atoms with E-state index in [4.69, 9.17) is 9.97 Å². The van der Waals surface area contributed by atoms with Crippen molar-refractivity contribution in [1.29, 1.82) is 5.26 Å². The molecule has 2 aromatic carbocycles. The third-order valence-corrected chi connectivity index (χ3v) is 11.8. The molecule has 4 aromatic rings. The molecule has 1 saturated carbocycles. The highest BCUT2D eigenvalue weighted by Gasteiger charge is 2.45. The molecule has 55 heavy (non-hydrogen) atoms. The largest absolute Gasteiger partial charge is 0.368 e. The van der Waals surface area contributed by atoms with Crippen molar-refractivity contribution in [2.75, 3.05) is 24.5 Å². The minimum atomic E-state index is -0.260. The third kappa shape index (κ3) is 9.37. The quantitative estimate of drug-likeness (QED) is 0.171. The minimum Gasteiger partial charge on any atom is -0.368 e. The Bertz CT molecular complexity index is 1870. The summed E-state index contributed by atoms with van der Waals surface area (Å²) in [6.07, 6.45) is 6.99. The summed E-state index contributed by atoms with van der Waals surface area (Å²) in [5.41, 5.74) is 12.3. The average molecular weight is 747 g/mol. The first-order chi connectivity index (χ1) is 26.6. The molecule has 0 amide bonds. The lowest BCUT2D eigenvalue weighted by atomic mass is 9.75. The van der Waals surface area contributed by atoms with E-state index in [0.717, 1.165) is 87.3 Å². The molecule has 1 aliphatic heterocycles. The number of allylic oxidation sites excluding steroid dienone is 1. The van der Waals surface area contributed by atoms with Gasteiger partial charge < -0.3 is 9.47 Å². The maximum atomic E-state index is 10.1. The van der Waals surface area contributed by atoms with Crippen molar-refractivity contribution in [2.45, 2.75) is 160 Å². The molecular formula is C49H74N6. The number of aryl methyl sites for hydroxylation is 2. The molecule has 3 atom stereocenters.